The van der Waals surface area contributed by atoms with Gasteiger partial charge in [0.2, 0.25) is 0 Å². The Kier molecular flexibility index (Phi) is 5.90. The smallest absolute Gasteiger partial charge is 0.255 e. The molecular formula is C23H21N5OS. The van der Waals surface area contributed by atoms with Crippen molar-refractivity contribution in [3.8, 4) is 11.4 Å². The summed E-state index contributed by atoms with van der Waals surface area (Å²) in [7, 11) is 1.96. The van der Waals surface area contributed by atoms with Crippen LogP contribution in [-0.2, 0) is 7.05 Å². The van der Waals surface area contributed by atoms with Gasteiger partial charge in [-0.05, 0) is 48.9 Å². The van der Waals surface area contributed by atoms with E-state index in [0.717, 1.165) is 27.8 Å². The molecule has 1 amide bonds. The number of hydrogen-bond acceptors (Lipinski definition) is 5. The second kappa shape index (κ2) is 8.92. The van der Waals surface area contributed by atoms with E-state index in [2.05, 4.69) is 33.5 Å². The van der Waals surface area contributed by atoms with Gasteiger partial charge in [-0.25, -0.2) is 0 Å². The number of rotatable bonds is 6. The zero-order valence-corrected chi connectivity index (χ0v) is 17.5. The van der Waals surface area contributed by atoms with Crippen LogP contribution in [0.1, 0.15) is 28.1 Å². The van der Waals surface area contributed by atoms with Crippen LogP contribution < -0.4 is 5.32 Å². The Morgan fingerprint density at radius 3 is 2.53 bits per heavy atom. The van der Waals surface area contributed by atoms with Crippen molar-refractivity contribution in [2.24, 2.45) is 7.05 Å². The Hall–Kier alpha value is -3.45. The van der Waals surface area contributed by atoms with Crippen LogP contribution in [-0.4, -0.2) is 25.7 Å². The Balaban J connectivity index is 1.48. The largest absolute Gasteiger partial charge is 0.322 e. The molecule has 0 aliphatic heterocycles. The lowest BCUT2D eigenvalue weighted by atomic mass is 10.1. The van der Waals surface area contributed by atoms with E-state index < -0.39 is 0 Å². The summed E-state index contributed by atoms with van der Waals surface area (Å²) in [6.45, 7) is 2.11. The molecule has 0 saturated carbocycles. The predicted molar refractivity (Wildman–Crippen MR) is 119 cm³/mol. The van der Waals surface area contributed by atoms with E-state index >= 15 is 0 Å². The molecule has 4 aromatic rings. The summed E-state index contributed by atoms with van der Waals surface area (Å²) < 4.78 is 1.98. The van der Waals surface area contributed by atoms with Crippen molar-refractivity contribution in [1.82, 2.24) is 19.7 Å². The van der Waals surface area contributed by atoms with E-state index in [0.29, 0.717) is 5.56 Å². The third-order valence-electron chi connectivity index (χ3n) is 4.71. The van der Waals surface area contributed by atoms with Crippen molar-refractivity contribution in [3.63, 3.8) is 0 Å². The molecule has 2 heterocycles. The second-order valence-electron chi connectivity index (χ2n) is 6.81. The molecule has 2 aromatic carbocycles. The summed E-state index contributed by atoms with van der Waals surface area (Å²) in [5.74, 6) is 0.680. The quantitative estimate of drug-likeness (QED) is 0.450. The van der Waals surface area contributed by atoms with Gasteiger partial charge in [0.05, 0.1) is 0 Å². The van der Waals surface area contributed by atoms with Crippen LogP contribution in [0.3, 0.4) is 0 Å². The second-order valence-corrected chi connectivity index (χ2v) is 8.11. The molecule has 2 aromatic heterocycles. The lowest BCUT2D eigenvalue weighted by Crippen LogP contribution is -2.11. The minimum atomic E-state index is -0.122. The number of nitrogens with one attached hydrogen (secondary N) is 1. The molecule has 4 rings (SSSR count). The molecule has 7 heteroatoms. The third-order valence-corrected chi connectivity index (χ3v) is 5.90. The van der Waals surface area contributed by atoms with Gasteiger partial charge in [0.15, 0.2) is 11.0 Å². The monoisotopic (exact) mass is 415 g/mol. The first kappa shape index (κ1) is 19.8. The first-order chi connectivity index (χ1) is 14.6. The zero-order valence-electron chi connectivity index (χ0n) is 16.7. The molecule has 0 bridgehead atoms. The topological polar surface area (TPSA) is 72.7 Å². The van der Waals surface area contributed by atoms with Crippen LogP contribution >= 0.6 is 11.8 Å². The highest BCUT2D eigenvalue weighted by Gasteiger charge is 2.16. The minimum Gasteiger partial charge on any atom is -0.322 e. The highest BCUT2D eigenvalue weighted by Crippen LogP contribution is 2.35. The van der Waals surface area contributed by atoms with Crippen molar-refractivity contribution < 1.29 is 4.79 Å². The molecule has 1 N–H and O–H groups in total. The van der Waals surface area contributed by atoms with Crippen molar-refractivity contribution in [2.75, 3.05) is 5.32 Å². The molecule has 0 aliphatic rings. The van der Waals surface area contributed by atoms with Crippen LogP contribution in [0.4, 0.5) is 5.69 Å². The fraction of sp³-hybridized carbons (Fsp3) is 0.130. The average Bonchev–Trinajstić information content (AvgIpc) is 3.15. The number of amides is 1. The number of benzene rings is 2. The molecule has 0 radical (unpaired) electrons. The summed E-state index contributed by atoms with van der Waals surface area (Å²) in [6, 6.07) is 20.9. The van der Waals surface area contributed by atoms with Crippen LogP contribution in [0.25, 0.3) is 11.4 Å². The lowest BCUT2D eigenvalue weighted by Gasteiger charge is -2.13. The van der Waals surface area contributed by atoms with Crippen molar-refractivity contribution >= 4 is 23.4 Å². The third kappa shape index (κ3) is 4.41. The van der Waals surface area contributed by atoms with Gasteiger partial charge < -0.3 is 9.88 Å². The first-order valence-electron chi connectivity index (χ1n) is 9.54. The molecule has 6 nitrogen and oxygen atoms in total. The molecule has 0 aliphatic carbocycles. The Morgan fingerprint density at radius 2 is 1.77 bits per heavy atom. The number of nitrogens with zero attached hydrogens (tertiary/aromatic N) is 4. The van der Waals surface area contributed by atoms with E-state index in [9.17, 15) is 4.79 Å². The van der Waals surface area contributed by atoms with E-state index in [1.54, 1.807) is 36.3 Å². The minimum absolute atomic E-state index is 0.122. The zero-order chi connectivity index (χ0) is 20.9. The van der Waals surface area contributed by atoms with E-state index in [1.165, 1.54) is 0 Å². The summed E-state index contributed by atoms with van der Waals surface area (Å²) in [5, 5.41) is 12.6. The standard InChI is InChI=1S/C23H21N5OS/c1-16(30-23-27-26-21(28(23)2)17-11-13-24-14-12-17)19-9-6-10-20(15-19)25-22(29)18-7-4-3-5-8-18/h3-16H,1-2H3,(H,25,29). The molecule has 30 heavy (non-hydrogen) atoms. The van der Waals surface area contributed by atoms with Gasteiger partial charge in [-0.15, -0.1) is 10.2 Å². The normalized spacial score (nSPS) is 11.8. The number of aromatic nitrogens is 4. The summed E-state index contributed by atoms with van der Waals surface area (Å²) in [4.78, 5) is 16.5. The maximum absolute atomic E-state index is 12.4. The van der Waals surface area contributed by atoms with E-state index in [1.807, 2.05) is 60.1 Å². The fourth-order valence-corrected chi connectivity index (χ4v) is 3.99. The highest BCUT2D eigenvalue weighted by atomic mass is 32.2. The van der Waals surface area contributed by atoms with Crippen LogP contribution in [0.5, 0.6) is 0 Å². The number of anilines is 1. The molecule has 0 fully saturated rings. The van der Waals surface area contributed by atoms with Gasteiger partial charge in [-0.1, -0.05) is 42.1 Å². The first-order valence-corrected chi connectivity index (χ1v) is 10.4. The average molecular weight is 416 g/mol. The van der Waals surface area contributed by atoms with Gasteiger partial charge in [-0.2, -0.15) is 0 Å². The predicted octanol–water partition coefficient (Wildman–Crippen LogP) is 4.98. The Morgan fingerprint density at radius 1 is 1.00 bits per heavy atom. The van der Waals surface area contributed by atoms with Gasteiger partial charge >= 0.3 is 0 Å². The summed E-state index contributed by atoms with van der Waals surface area (Å²) in [5.41, 5.74) is 3.47. The van der Waals surface area contributed by atoms with Gasteiger partial charge in [-0.3, -0.25) is 9.78 Å². The number of pyridine rings is 1. The Bertz CT molecular complexity index is 1140. The molecular weight excluding hydrogens is 394 g/mol. The van der Waals surface area contributed by atoms with Crippen molar-refractivity contribution in [2.45, 2.75) is 17.3 Å². The molecule has 0 saturated heterocycles. The van der Waals surface area contributed by atoms with Gasteiger partial charge in [0, 0.05) is 41.5 Å². The number of carbonyl (C=O) groups is 1. The number of hydrogen-bond donors (Lipinski definition) is 1. The van der Waals surface area contributed by atoms with Crippen molar-refractivity contribution in [3.05, 3.63) is 90.3 Å². The number of thioether (sulfide) groups is 1. The molecule has 1 atom stereocenters. The van der Waals surface area contributed by atoms with Crippen molar-refractivity contribution in [1.29, 1.82) is 0 Å². The summed E-state index contributed by atoms with van der Waals surface area (Å²) >= 11 is 1.62. The van der Waals surface area contributed by atoms with Gasteiger partial charge in [0.25, 0.3) is 5.91 Å². The molecule has 150 valence electrons. The fourth-order valence-electron chi connectivity index (χ4n) is 3.06. The Labute approximate surface area is 179 Å². The maximum Gasteiger partial charge on any atom is 0.255 e. The number of carbonyl (C=O) groups excluding carboxylic acids is 1. The summed E-state index contributed by atoms with van der Waals surface area (Å²) in [6.07, 6.45) is 3.49. The maximum atomic E-state index is 12.4. The van der Waals surface area contributed by atoms with Crippen LogP contribution in [0.2, 0.25) is 0 Å². The lowest BCUT2D eigenvalue weighted by molar-refractivity contribution is 0.102. The highest BCUT2D eigenvalue weighted by molar-refractivity contribution is 7.99. The van der Waals surface area contributed by atoms with Crippen LogP contribution in [0, 0.1) is 0 Å². The van der Waals surface area contributed by atoms with E-state index in [-0.39, 0.29) is 11.2 Å². The molecule has 0 spiro atoms. The van der Waals surface area contributed by atoms with E-state index in [4.69, 9.17) is 0 Å². The van der Waals surface area contributed by atoms with Gasteiger partial charge in [0.1, 0.15) is 0 Å². The SMILES string of the molecule is CC(Sc1nnc(-c2ccncc2)n1C)c1cccc(NC(=O)c2ccccc2)c1. The molecule has 1 unspecified atom stereocenters. The van der Waals surface area contributed by atoms with Crippen LogP contribution in [0.15, 0.2) is 84.3 Å².